The predicted molar refractivity (Wildman–Crippen MR) is 76.0 cm³/mol. The summed E-state index contributed by atoms with van der Waals surface area (Å²) in [5.74, 6) is 1.50. The molecule has 18 heavy (non-hydrogen) atoms. The van der Waals surface area contributed by atoms with Crippen LogP contribution in [0.25, 0.3) is 0 Å². The molecule has 0 atom stereocenters. The summed E-state index contributed by atoms with van der Waals surface area (Å²) >= 11 is 3.31. The largest absolute Gasteiger partial charge is 0.355 e. The zero-order valence-corrected chi connectivity index (χ0v) is 12.2. The van der Waals surface area contributed by atoms with Gasteiger partial charge in [-0.1, -0.05) is 6.92 Å². The second-order valence-electron chi connectivity index (χ2n) is 4.61. The van der Waals surface area contributed by atoms with Crippen LogP contribution in [0.3, 0.4) is 0 Å². The van der Waals surface area contributed by atoms with Crippen LogP contribution in [0.5, 0.6) is 0 Å². The Balaban J connectivity index is 1.97. The van der Waals surface area contributed by atoms with Crippen molar-refractivity contribution in [3.05, 3.63) is 21.2 Å². The Kier molecular flexibility index (Phi) is 4.77. The number of H-pyrrole nitrogens is 1. The third-order valence-electron chi connectivity index (χ3n) is 3.38. The Labute approximate surface area is 115 Å². The monoisotopic (exact) mass is 314 g/mol. The molecule has 2 rings (SSSR count). The van der Waals surface area contributed by atoms with Crippen LogP contribution in [-0.4, -0.2) is 36.1 Å². The summed E-state index contributed by atoms with van der Waals surface area (Å²) in [6.45, 7) is 6.18. The lowest BCUT2D eigenvalue weighted by Crippen LogP contribution is -2.38. The first-order valence-electron chi connectivity index (χ1n) is 6.41. The molecule has 0 saturated carbocycles. The number of rotatable bonds is 4. The van der Waals surface area contributed by atoms with Gasteiger partial charge in [0.2, 0.25) is 0 Å². The maximum Gasteiger partial charge on any atom is 0.267 e. The van der Waals surface area contributed by atoms with Gasteiger partial charge in [0.15, 0.2) is 0 Å². The lowest BCUT2D eigenvalue weighted by Gasteiger charge is -2.33. The Morgan fingerprint density at radius 2 is 2.28 bits per heavy atom. The van der Waals surface area contributed by atoms with Crippen molar-refractivity contribution in [3.8, 4) is 0 Å². The van der Waals surface area contributed by atoms with Crippen molar-refractivity contribution in [1.29, 1.82) is 0 Å². The molecule has 1 aliphatic rings. The topological polar surface area (TPSA) is 61.0 Å². The van der Waals surface area contributed by atoms with Gasteiger partial charge < -0.3 is 15.2 Å². The van der Waals surface area contributed by atoms with Gasteiger partial charge in [-0.15, -0.1) is 0 Å². The third-order valence-corrected chi connectivity index (χ3v) is 4.09. The second-order valence-corrected chi connectivity index (χ2v) is 5.40. The molecular formula is C12H19BrN4O. The van der Waals surface area contributed by atoms with Crippen LogP contribution in [0.4, 0.5) is 5.82 Å². The number of nitrogens with zero attached hydrogens (tertiary/aromatic N) is 2. The fourth-order valence-corrected chi connectivity index (χ4v) is 2.76. The zero-order valence-electron chi connectivity index (χ0n) is 10.6. The maximum atomic E-state index is 11.5. The Morgan fingerprint density at radius 3 is 2.94 bits per heavy atom. The minimum atomic E-state index is -0.116. The van der Waals surface area contributed by atoms with Crippen LogP contribution < -0.4 is 15.8 Å². The highest BCUT2D eigenvalue weighted by molar-refractivity contribution is 9.10. The van der Waals surface area contributed by atoms with Crippen LogP contribution in [0.15, 0.2) is 15.6 Å². The van der Waals surface area contributed by atoms with E-state index in [4.69, 9.17) is 0 Å². The van der Waals surface area contributed by atoms with Crippen molar-refractivity contribution in [2.45, 2.75) is 19.8 Å². The van der Waals surface area contributed by atoms with E-state index in [-0.39, 0.29) is 5.56 Å². The smallest absolute Gasteiger partial charge is 0.267 e. The highest BCUT2D eigenvalue weighted by Crippen LogP contribution is 2.24. The lowest BCUT2D eigenvalue weighted by atomic mass is 9.97. The van der Waals surface area contributed by atoms with Crippen LogP contribution in [-0.2, 0) is 0 Å². The molecule has 0 aromatic carbocycles. The van der Waals surface area contributed by atoms with Gasteiger partial charge in [0.1, 0.15) is 10.3 Å². The molecule has 1 aromatic heterocycles. The normalized spacial score (nSPS) is 17.1. The number of aromatic nitrogens is 2. The summed E-state index contributed by atoms with van der Waals surface area (Å²) in [5, 5.41) is 3.39. The Hall–Kier alpha value is -0.880. The van der Waals surface area contributed by atoms with E-state index in [1.165, 1.54) is 6.33 Å². The first kappa shape index (κ1) is 13.5. The van der Waals surface area contributed by atoms with Crippen molar-refractivity contribution in [1.82, 2.24) is 15.3 Å². The van der Waals surface area contributed by atoms with E-state index in [9.17, 15) is 4.79 Å². The van der Waals surface area contributed by atoms with Gasteiger partial charge in [0.05, 0.1) is 6.33 Å². The molecule has 1 saturated heterocycles. The van der Waals surface area contributed by atoms with E-state index in [2.05, 4.69) is 43.0 Å². The molecule has 0 aliphatic carbocycles. The van der Waals surface area contributed by atoms with Gasteiger partial charge in [0.25, 0.3) is 5.56 Å². The first-order valence-corrected chi connectivity index (χ1v) is 7.20. The fourth-order valence-electron chi connectivity index (χ4n) is 2.29. The SMILES string of the molecule is CCNCC1CCN(c2nc[nH]c(=O)c2Br)CC1. The predicted octanol–water partition coefficient (Wildman–Crippen LogP) is 1.36. The molecule has 0 amide bonds. The molecule has 0 radical (unpaired) electrons. The number of halogens is 1. The van der Waals surface area contributed by atoms with Crippen molar-refractivity contribution in [2.75, 3.05) is 31.1 Å². The van der Waals surface area contributed by atoms with E-state index >= 15 is 0 Å². The van der Waals surface area contributed by atoms with Crippen molar-refractivity contribution in [2.24, 2.45) is 5.92 Å². The van der Waals surface area contributed by atoms with Gasteiger partial charge in [0, 0.05) is 13.1 Å². The molecule has 1 aliphatic heterocycles. The van der Waals surface area contributed by atoms with Crippen LogP contribution in [0.1, 0.15) is 19.8 Å². The molecule has 100 valence electrons. The standard InChI is InChI=1S/C12H19BrN4O/c1-2-14-7-9-3-5-17(6-4-9)11-10(13)12(18)16-8-15-11/h8-9,14H,2-7H2,1H3,(H,15,16,18). The van der Waals surface area contributed by atoms with Crippen molar-refractivity contribution < 1.29 is 0 Å². The average molecular weight is 315 g/mol. The zero-order chi connectivity index (χ0) is 13.0. The second kappa shape index (κ2) is 6.33. The third kappa shape index (κ3) is 3.11. The molecular weight excluding hydrogens is 296 g/mol. The number of hydrogen-bond donors (Lipinski definition) is 2. The van der Waals surface area contributed by atoms with E-state index in [1.807, 2.05) is 0 Å². The molecule has 0 bridgehead atoms. The number of anilines is 1. The molecule has 1 aromatic rings. The molecule has 0 unspecified atom stereocenters. The quantitative estimate of drug-likeness (QED) is 0.881. The summed E-state index contributed by atoms with van der Waals surface area (Å²) in [6, 6.07) is 0. The maximum absolute atomic E-state index is 11.5. The van der Waals surface area contributed by atoms with E-state index in [0.717, 1.165) is 50.8 Å². The average Bonchev–Trinajstić information content (AvgIpc) is 2.40. The number of aromatic amines is 1. The summed E-state index contributed by atoms with van der Waals surface area (Å²) in [7, 11) is 0. The minimum absolute atomic E-state index is 0.116. The van der Waals surface area contributed by atoms with Gasteiger partial charge >= 0.3 is 0 Å². The molecule has 2 heterocycles. The van der Waals surface area contributed by atoms with Crippen LogP contribution in [0.2, 0.25) is 0 Å². The molecule has 2 N–H and O–H groups in total. The number of hydrogen-bond acceptors (Lipinski definition) is 4. The van der Waals surface area contributed by atoms with Gasteiger partial charge in [-0.3, -0.25) is 4.79 Å². The van der Waals surface area contributed by atoms with Gasteiger partial charge in [-0.25, -0.2) is 4.98 Å². The lowest BCUT2D eigenvalue weighted by molar-refractivity contribution is 0.385. The molecule has 0 spiro atoms. The van der Waals surface area contributed by atoms with Gasteiger partial charge in [-0.2, -0.15) is 0 Å². The summed E-state index contributed by atoms with van der Waals surface area (Å²) in [5.41, 5.74) is -0.116. The fraction of sp³-hybridized carbons (Fsp3) is 0.667. The van der Waals surface area contributed by atoms with E-state index in [0.29, 0.717) is 4.47 Å². The number of nitrogens with one attached hydrogen (secondary N) is 2. The highest BCUT2D eigenvalue weighted by atomic mass is 79.9. The Bertz CT molecular complexity index is 440. The summed E-state index contributed by atoms with van der Waals surface area (Å²) in [6.07, 6.45) is 3.76. The molecule has 5 nitrogen and oxygen atoms in total. The van der Waals surface area contributed by atoms with Crippen LogP contribution in [0, 0.1) is 5.92 Å². The summed E-state index contributed by atoms with van der Waals surface area (Å²) in [4.78, 5) is 20.5. The van der Waals surface area contributed by atoms with Crippen molar-refractivity contribution in [3.63, 3.8) is 0 Å². The Morgan fingerprint density at radius 1 is 1.56 bits per heavy atom. The van der Waals surface area contributed by atoms with Crippen molar-refractivity contribution >= 4 is 21.7 Å². The molecule has 1 fully saturated rings. The highest BCUT2D eigenvalue weighted by Gasteiger charge is 2.21. The number of piperidine rings is 1. The summed E-state index contributed by atoms with van der Waals surface area (Å²) < 4.78 is 0.537. The van der Waals surface area contributed by atoms with Gasteiger partial charge in [-0.05, 0) is 47.8 Å². The first-order chi connectivity index (χ1) is 8.72. The molecule has 6 heteroatoms. The van der Waals surface area contributed by atoms with E-state index < -0.39 is 0 Å². The minimum Gasteiger partial charge on any atom is -0.355 e. The van der Waals surface area contributed by atoms with Crippen LogP contribution >= 0.6 is 15.9 Å². The van der Waals surface area contributed by atoms with E-state index in [1.54, 1.807) is 0 Å².